The predicted octanol–water partition coefficient (Wildman–Crippen LogP) is 9.87. The minimum atomic E-state index is -0.658. The molecule has 1 unspecified atom stereocenters. The molecule has 0 aliphatic rings. The number of carboxylic acids is 1. The molecule has 174 valence electrons. The Hall–Kier alpha value is 0.200. The van der Waals surface area contributed by atoms with Crippen molar-refractivity contribution in [3.05, 3.63) is 0 Å². The van der Waals surface area contributed by atoms with Crippen molar-refractivity contribution in [3.63, 3.8) is 0 Å². The number of hydrogen-bond donors (Lipinski definition) is 1. The monoisotopic (exact) mass is 522 g/mol. The van der Waals surface area contributed by atoms with Gasteiger partial charge >= 0.3 is 5.97 Å². The highest BCUT2D eigenvalue weighted by molar-refractivity contribution is 14.1. The molecule has 0 rings (SSSR count). The van der Waals surface area contributed by atoms with Crippen LogP contribution in [0.4, 0.5) is 0 Å². The molecule has 0 bridgehead atoms. The van der Waals surface area contributed by atoms with Crippen LogP contribution in [-0.4, -0.2) is 15.0 Å². The van der Waals surface area contributed by atoms with E-state index in [9.17, 15) is 4.79 Å². The van der Waals surface area contributed by atoms with Crippen LogP contribution in [-0.2, 0) is 4.79 Å². The molecule has 0 heterocycles. The predicted molar refractivity (Wildman–Crippen MR) is 137 cm³/mol. The highest BCUT2D eigenvalue weighted by atomic mass is 127. The minimum Gasteiger partial charge on any atom is -0.480 e. The summed E-state index contributed by atoms with van der Waals surface area (Å²) in [6.07, 6.45) is 31.6. The third-order valence-electron chi connectivity index (χ3n) is 6.08. The molecule has 0 radical (unpaired) electrons. The van der Waals surface area contributed by atoms with E-state index >= 15 is 0 Å². The van der Waals surface area contributed by atoms with Gasteiger partial charge in [0.05, 0.1) is 0 Å². The van der Waals surface area contributed by atoms with Crippen LogP contribution in [0.25, 0.3) is 0 Å². The fourth-order valence-electron chi connectivity index (χ4n) is 4.06. The van der Waals surface area contributed by atoms with Crippen molar-refractivity contribution in [2.45, 2.75) is 159 Å². The Morgan fingerprint density at radius 3 is 1.03 bits per heavy atom. The number of halogens is 1. The van der Waals surface area contributed by atoms with Crippen LogP contribution < -0.4 is 0 Å². The molecule has 0 spiro atoms. The number of rotatable bonds is 24. The number of alkyl halides is 1. The Kier molecular flexibility index (Phi) is 24.6. The second-order valence-corrected chi connectivity index (χ2v) is 10.5. The highest BCUT2D eigenvalue weighted by Gasteiger charge is 2.11. The maximum atomic E-state index is 10.7. The highest BCUT2D eigenvalue weighted by Crippen LogP contribution is 2.16. The molecule has 29 heavy (non-hydrogen) atoms. The van der Waals surface area contributed by atoms with Gasteiger partial charge in [-0.05, 0) is 6.42 Å². The lowest BCUT2D eigenvalue weighted by molar-refractivity contribution is -0.136. The Bertz CT molecular complexity index is 333. The standard InChI is InChI=1S/C26H51IO2/c1-2-3-4-5-6-7-8-9-10-11-12-13-14-15-16-17-18-19-20-21-22-23-24-25(27)26(28)29/h25H,2-24H2,1H3,(H,28,29). The largest absolute Gasteiger partial charge is 0.480 e. The topological polar surface area (TPSA) is 37.3 Å². The Morgan fingerprint density at radius 1 is 0.552 bits per heavy atom. The SMILES string of the molecule is CCCCCCCCCCCCCCCCCCCCCCCCC(I)C(=O)O. The molecule has 0 aromatic rings. The molecular formula is C26H51IO2. The summed E-state index contributed by atoms with van der Waals surface area (Å²) >= 11 is 2.04. The smallest absolute Gasteiger partial charge is 0.316 e. The van der Waals surface area contributed by atoms with Crippen LogP contribution in [0.2, 0.25) is 0 Å². The Balaban J connectivity index is 3.04. The van der Waals surface area contributed by atoms with Gasteiger partial charge in [0.2, 0.25) is 0 Å². The van der Waals surface area contributed by atoms with Crippen LogP contribution in [0.3, 0.4) is 0 Å². The first kappa shape index (κ1) is 29.2. The molecule has 1 N–H and O–H groups in total. The van der Waals surface area contributed by atoms with Gasteiger partial charge in [-0.1, -0.05) is 171 Å². The van der Waals surface area contributed by atoms with E-state index in [4.69, 9.17) is 5.11 Å². The van der Waals surface area contributed by atoms with Gasteiger partial charge in [0.1, 0.15) is 3.92 Å². The molecule has 0 fully saturated rings. The van der Waals surface area contributed by atoms with E-state index in [1.807, 2.05) is 22.6 Å². The summed E-state index contributed by atoms with van der Waals surface area (Å²) in [5.74, 6) is -0.658. The third-order valence-corrected chi connectivity index (χ3v) is 7.23. The lowest BCUT2D eigenvalue weighted by Gasteiger charge is -2.05. The molecule has 0 aliphatic carbocycles. The summed E-state index contributed by atoms with van der Waals surface area (Å²) in [6.45, 7) is 2.29. The van der Waals surface area contributed by atoms with Gasteiger partial charge in [0, 0.05) is 0 Å². The van der Waals surface area contributed by atoms with Gasteiger partial charge in [-0.3, -0.25) is 4.79 Å². The first-order chi connectivity index (χ1) is 14.2. The average Bonchev–Trinajstić information content (AvgIpc) is 2.71. The Morgan fingerprint density at radius 2 is 0.793 bits per heavy atom. The van der Waals surface area contributed by atoms with Gasteiger partial charge in [-0.25, -0.2) is 0 Å². The molecule has 0 amide bonds. The summed E-state index contributed by atoms with van der Waals surface area (Å²) in [4.78, 5) is 10.7. The summed E-state index contributed by atoms with van der Waals surface area (Å²) in [7, 11) is 0. The second kappa shape index (κ2) is 24.5. The van der Waals surface area contributed by atoms with Gasteiger partial charge in [-0.15, -0.1) is 0 Å². The van der Waals surface area contributed by atoms with E-state index in [0.717, 1.165) is 12.8 Å². The third kappa shape index (κ3) is 24.3. The lowest BCUT2D eigenvalue weighted by atomic mass is 10.0. The maximum absolute atomic E-state index is 10.7. The fraction of sp³-hybridized carbons (Fsp3) is 0.962. The average molecular weight is 523 g/mol. The van der Waals surface area contributed by atoms with Crippen LogP contribution in [0.5, 0.6) is 0 Å². The quantitative estimate of drug-likeness (QED) is 0.0778. The molecule has 0 saturated carbocycles. The van der Waals surface area contributed by atoms with E-state index in [1.54, 1.807) is 0 Å². The van der Waals surface area contributed by atoms with Crippen molar-refractivity contribution >= 4 is 28.6 Å². The second-order valence-electron chi connectivity index (χ2n) is 9.02. The Labute approximate surface area is 196 Å². The van der Waals surface area contributed by atoms with E-state index in [0.29, 0.717) is 0 Å². The number of hydrogen-bond acceptors (Lipinski definition) is 1. The molecule has 0 aliphatic heterocycles. The molecule has 1 atom stereocenters. The zero-order valence-electron chi connectivity index (χ0n) is 19.6. The summed E-state index contributed by atoms with van der Waals surface area (Å²) in [5.41, 5.74) is 0. The minimum absolute atomic E-state index is 0.197. The number of unbranched alkanes of at least 4 members (excludes halogenated alkanes) is 21. The molecule has 2 nitrogen and oxygen atoms in total. The van der Waals surface area contributed by atoms with Gasteiger partial charge in [0.15, 0.2) is 0 Å². The summed E-state index contributed by atoms with van der Waals surface area (Å²) in [5, 5.41) is 8.85. The van der Waals surface area contributed by atoms with Crippen LogP contribution >= 0.6 is 22.6 Å². The normalized spacial score (nSPS) is 12.3. The van der Waals surface area contributed by atoms with Crippen molar-refractivity contribution in [1.29, 1.82) is 0 Å². The van der Waals surface area contributed by atoms with Crippen molar-refractivity contribution in [3.8, 4) is 0 Å². The zero-order valence-corrected chi connectivity index (χ0v) is 21.7. The first-order valence-corrected chi connectivity index (χ1v) is 14.3. The number of aliphatic carboxylic acids is 1. The molecule has 0 saturated heterocycles. The van der Waals surface area contributed by atoms with Crippen molar-refractivity contribution in [2.75, 3.05) is 0 Å². The molecule has 0 aromatic carbocycles. The molecule has 0 aromatic heterocycles. The summed E-state index contributed by atoms with van der Waals surface area (Å²) < 4.78 is -0.197. The van der Waals surface area contributed by atoms with E-state index in [-0.39, 0.29) is 3.92 Å². The maximum Gasteiger partial charge on any atom is 0.316 e. The molecular weight excluding hydrogens is 471 g/mol. The van der Waals surface area contributed by atoms with Gasteiger partial charge in [-0.2, -0.15) is 0 Å². The van der Waals surface area contributed by atoms with E-state index in [1.165, 1.54) is 135 Å². The van der Waals surface area contributed by atoms with Gasteiger partial charge in [0.25, 0.3) is 0 Å². The van der Waals surface area contributed by atoms with Crippen LogP contribution in [0, 0.1) is 0 Å². The summed E-state index contributed by atoms with van der Waals surface area (Å²) in [6, 6.07) is 0. The van der Waals surface area contributed by atoms with Crippen molar-refractivity contribution in [1.82, 2.24) is 0 Å². The van der Waals surface area contributed by atoms with Gasteiger partial charge < -0.3 is 5.11 Å². The lowest BCUT2D eigenvalue weighted by Crippen LogP contribution is -2.11. The zero-order chi connectivity index (χ0) is 21.4. The van der Waals surface area contributed by atoms with Crippen molar-refractivity contribution in [2.24, 2.45) is 0 Å². The van der Waals surface area contributed by atoms with E-state index < -0.39 is 5.97 Å². The van der Waals surface area contributed by atoms with Crippen molar-refractivity contribution < 1.29 is 9.90 Å². The first-order valence-electron chi connectivity index (χ1n) is 13.0. The number of carbonyl (C=O) groups is 1. The van der Waals surface area contributed by atoms with Crippen LogP contribution in [0.15, 0.2) is 0 Å². The van der Waals surface area contributed by atoms with Crippen LogP contribution in [0.1, 0.15) is 155 Å². The number of carboxylic acid groups (broad SMARTS) is 1. The molecule has 3 heteroatoms. The fourth-order valence-corrected chi connectivity index (χ4v) is 4.50. The van der Waals surface area contributed by atoms with E-state index in [2.05, 4.69) is 6.92 Å².